The molecule has 1 amide bonds. The van der Waals surface area contributed by atoms with Crippen LogP contribution in [0.25, 0.3) is 0 Å². The molecule has 0 unspecified atom stereocenters. The average molecular weight is 175 g/mol. The quantitative estimate of drug-likeness (QED) is 0.636. The van der Waals surface area contributed by atoms with Crippen LogP contribution in [0, 0.1) is 0 Å². The van der Waals surface area contributed by atoms with Crippen molar-refractivity contribution in [2.45, 2.75) is 12.5 Å². The molecule has 0 bridgehead atoms. The van der Waals surface area contributed by atoms with E-state index >= 15 is 0 Å². The molecule has 12 heavy (non-hydrogen) atoms. The van der Waals surface area contributed by atoms with E-state index in [1.54, 1.807) is 0 Å². The van der Waals surface area contributed by atoms with Gasteiger partial charge in [0.15, 0.2) is 0 Å². The van der Waals surface area contributed by atoms with Gasteiger partial charge < -0.3 is 19.9 Å². The number of nitrogens with one attached hydrogen (secondary N) is 1. The van der Waals surface area contributed by atoms with E-state index in [4.69, 9.17) is 14.6 Å². The lowest BCUT2D eigenvalue weighted by molar-refractivity contribution is -0.0900. The highest BCUT2D eigenvalue weighted by Gasteiger charge is 2.13. The molecular weight excluding hydrogens is 162 g/mol. The lowest BCUT2D eigenvalue weighted by Gasteiger charge is -2.22. The lowest BCUT2D eigenvalue weighted by atomic mass is 10.2. The molecule has 1 aliphatic rings. The SMILES string of the molecule is O=C(O)NCC[C@H]1COCCO1. The lowest BCUT2D eigenvalue weighted by Crippen LogP contribution is -2.33. The molecule has 0 aromatic rings. The van der Waals surface area contributed by atoms with Crippen molar-refractivity contribution >= 4 is 6.09 Å². The molecule has 5 nitrogen and oxygen atoms in total. The summed E-state index contributed by atoms with van der Waals surface area (Å²) in [5.41, 5.74) is 0. The van der Waals surface area contributed by atoms with E-state index in [0.717, 1.165) is 0 Å². The van der Waals surface area contributed by atoms with Gasteiger partial charge in [-0.2, -0.15) is 0 Å². The molecule has 0 spiro atoms. The summed E-state index contributed by atoms with van der Waals surface area (Å²) in [6.45, 7) is 2.24. The molecule has 70 valence electrons. The Hall–Kier alpha value is -0.810. The standard InChI is InChI=1S/C7H13NO4/c9-7(10)8-2-1-6-5-11-3-4-12-6/h6,8H,1-5H2,(H,9,10)/t6-/m0/s1. The Morgan fingerprint density at radius 2 is 2.42 bits per heavy atom. The molecule has 5 heteroatoms. The molecule has 0 aromatic carbocycles. The van der Waals surface area contributed by atoms with Crippen LogP contribution in [0.3, 0.4) is 0 Å². The Bertz CT molecular complexity index is 144. The fraction of sp³-hybridized carbons (Fsp3) is 0.857. The maximum Gasteiger partial charge on any atom is 0.404 e. The van der Waals surface area contributed by atoms with Gasteiger partial charge in [0.1, 0.15) is 0 Å². The number of ether oxygens (including phenoxy) is 2. The van der Waals surface area contributed by atoms with Crippen LogP contribution in [-0.2, 0) is 9.47 Å². The number of carboxylic acid groups (broad SMARTS) is 1. The Morgan fingerprint density at radius 3 is 3.00 bits per heavy atom. The van der Waals surface area contributed by atoms with Crippen molar-refractivity contribution in [3.63, 3.8) is 0 Å². The first-order valence-electron chi connectivity index (χ1n) is 3.95. The number of carbonyl (C=O) groups is 1. The van der Waals surface area contributed by atoms with E-state index < -0.39 is 6.09 Å². The highest BCUT2D eigenvalue weighted by atomic mass is 16.6. The van der Waals surface area contributed by atoms with E-state index in [1.807, 2.05) is 0 Å². The molecule has 1 saturated heterocycles. The first-order chi connectivity index (χ1) is 5.79. The number of hydrogen-bond donors (Lipinski definition) is 2. The molecule has 1 aliphatic heterocycles. The van der Waals surface area contributed by atoms with E-state index in [2.05, 4.69) is 5.32 Å². The Labute approximate surface area is 70.7 Å². The van der Waals surface area contributed by atoms with Gasteiger partial charge in [0, 0.05) is 6.54 Å². The third-order valence-electron chi connectivity index (χ3n) is 1.63. The summed E-state index contributed by atoms with van der Waals surface area (Å²) >= 11 is 0. The second kappa shape index (κ2) is 4.95. The molecule has 0 aromatic heterocycles. The van der Waals surface area contributed by atoms with E-state index in [0.29, 0.717) is 32.8 Å². The molecular formula is C7H13NO4. The van der Waals surface area contributed by atoms with E-state index in [9.17, 15) is 4.79 Å². The summed E-state index contributed by atoms with van der Waals surface area (Å²) in [6, 6.07) is 0. The highest BCUT2D eigenvalue weighted by molar-refractivity contribution is 5.64. The van der Waals surface area contributed by atoms with Crippen molar-refractivity contribution in [2.75, 3.05) is 26.4 Å². The fourth-order valence-electron chi connectivity index (χ4n) is 1.04. The van der Waals surface area contributed by atoms with Gasteiger partial charge in [-0.05, 0) is 6.42 Å². The predicted molar refractivity (Wildman–Crippen MR) is 41.2 cm³/mol. The van der Waals surface area contributed by atoms with Crippen molar-refractivity contribution < 1.29 is 19.4 Å². The number of rotatable bonds is 3. The van der Waals surface area contributed by atoms with E-state index in [-0.39, 0.29) is 6.10 Å². The topological polar surface area (TPSA) is 67.8 Å². The Balaban J connectivity index is 2.01. The molecule has 1 atom stereocenters. The zero-order valence-electron chi connectivity index (χ0n) is 6.78. The Morgan fingerprint density at radius 1 is 1.58 bits per heavy atom. The molecule has 1 fully saturated rings. The normalized spacial score (nSPS) is 23.5. The van der Waals surface area contributed by atoms with Crippen LogP contribution in [0.4, 0.5) is 4.79 Å². The summed E-state index contributed by atoms with van der Waals surface area (Å²) in [5.74, 6) is 0. The molecule has 0 radical (unpaired) electrons. The van der Waals surface area contributed by atoms with E-state index in [1.165, 1.54) is 0 Å². The van der Waals surface area contributed by atoms with Gasteiger partial charge in [0.2, 0.25) is 0 Å². The first-order valence-corrected chi connectivity index (χ1v) is 3.95. The maximum atomic E-state index is 10.1. The third-order valence-corrected chi connectivity index (χ3v) is 1.63. The zero-order valence-corrected chi connectivity index (χ0v) is 6.78. The van der Waals surface area contributed by atoms with Gasteiger partial charge >= 0.3 is 6.09 Å². The molecule has 2 N–H and O–H groups in total. The maximum absolute atomic E-state index is 10.1. The smallest absolute Gasteiger partial charge is 0.404 e. The van der Waals surface area contributed by atoms with Gasteiger partial charge in [0.05, 0.1) is 25.9 Å². The minimum atomic E-state index is -0.994. The van der Waals surface area contributed by atoms with Crippen molar-refractivity contribution in [1.29, 1.82) is 0 Å². The second-order valence-electron chi connectivity index (χ2n) is 2.59. The predicted octanol–water partition coefficient (Wildman–Crippen LogP) is 0.0595. The first kappa shape index (κ1) is 9.28. The summed E-state index contributed by atoms with van der Waals surface area (Å²) in [4.78, 5) is 10.1. The summed E-state index contributed by atoms with van der Waals surface area (Å²) in [6.07, 6.45) is -0.274. The number of amides is 1. The van der Waals surface area contributed by atoms with Gasteiger partial charge in [0.25, 0.3) is 0 Å². The van der Waals surface area contributed by atoms with Crippen LogP contribution in [0.1, 0.15) is 6.42 Å². The van der Waals surface area contributed by atoms with Crippen LogP contribution in [0.15, 0.2) is 0 Å². The van der Waals surface area contributed by atoms with Crippen LogP contribution in [-0.4, -0.2) is 43.7 Å². The summed E-state index contributed by atoms with van der Waals surface area (Å²) < 4.78 is 10.4. The van der Waals surface area contributed by atoms with Gasteiger partial charge in [-0.15, -0.1) is 0 Å². The number of hydrogen-bond acceptors (Lipinski definition) is 3. The van der Waals surface area contributed by atoms with Crippen molar-refractivity contribution in [3.05, 3.63) is 0 Å². The fourth-order valence-corrected chi connectivity index (χ4v) is 1.04. The van der Waals surface area contributed by atoms with Gasteiger partial charge in [-0.3, -0.25) is 0 Å². The van der Waals surface area contributed by atoms with Crippen LogP contribution in [0.5, 0.6) is 0 Å². The third kappa shape index (κ3) is 3.54. The molecule has 1 rings (SSSR count). The minimum absolute atomic E-state index is 0.0469. The van der Waals surface area contributed by atoms with Crippen LogP contribution in [0.2, 0.25) is 0 Å². The van der Waals surface area contributed by atoms with Crippen molar-refractivity contribution in [3.8, 4) is 0 Å². The van der Waals surface area contributed by atoms with Gasteiger partial charge in [-0.1, -0.05) is 0 Å². The van der Waals surface area contributed by atoms with Crippen LogP contribution >= 0.6 is 0 Å². The molecule has 0 saturated carbocycles. The van der Waals surface area contributed by atoms with Crippen LogP contribution < -0.4 is 5.32 Å². The summed E-state index contributed by atoms with van der Waals surface area (Å²) in [7, 11) is 0. The molecule has 1 heterocycles. The minimum Gasteiger partial charge on any atom is -0.465 e. The Kier molecular flexibility index (Phi) is 3.83. The largest absolute Gasteiger partial charge is 0.465 e. The summed E-state index contributed by atoms with van der Waals surface area (Å²) in [5, 5.41) is 10.5. The van der Waals surface area contributed by atoms with Gasteiger partial charge in [-0.25, -0.2) is 4.79 Å². The van der Waals surface area contributed by atoms with Crippen molar-refractivity contribution in [2.24, 2.45) is 0 Å². The molecule has 0 aliphatic carbocycles. The van der Waals surface area contributed by atoms with Crippen molar-refractivity contribution in [1.82, 2.24) is 5.32 Å². The second-order valence-corrected chi connectivity index (χ2v) is 2.59. The highest BCUT2D eigenvalue weighted by Crippen LogP contribution is 2.03. The monoisotopic (exact) mass is 175 g/mol. The average Bonchev–Trinajstić information content (AvgIpc) is 2.05. The zero-order chi connectivity index (χ0) is 8.81.